The van der Waals surface area contributed by atoms with Crippen LogP contribution < -0.4 is 0 Å². The molecular weight excluding hydrogens is 160 g/mol. The first-order valence-electron chi connectivity index (χ1n) is 3.78. The average Bonchev–Trinajstić information content (AvgIpc) is 2.03. The Morgan fingerprint density at radius 2 is 2.00 bits per heavy atom. The Balaban J connectivity index is 4.49. The van der Waals surface area contributed by atoms with E-state index in [0.29, 0.717) is 0 Å². The van der Waals surface area contributed by atoms with Gasteiger partial charge < -0.3 is 14.6 Å². The standard InChI is InChI=1S/C8H16O4/c1-6(2)8(10,5-11-3)7(9)12-4/h6,10H,5H2,1-4H3. The monoisotopic (exact) mass is 176 g/mol. The summed E-state index contributed by atoms with van der Waals surface area (Å²) in [6.45, 7) is 3.42. The van der Waals surface area contributed by atoms with Gasteiger partial charge in [0.1, 0.15) is 0 Å². The third kappa shape index (κ3) is 2.19. The average molecular weight is 176 g/mol. The maximum absolute atomic E-state index is 11.1. The molecule has 0 fully saturated rings. The Morgan fingerprint density at radius 1 is 1.50 bits per heavy atom. The molecule has 4 nitrogen and oxygen atoms in total. The van der Waals surface area contributed by atoms with Crippen LogP contribution in [0, 0.1) is 5.92 Å². The molecule has 72 valence electrons. The number of esters is 1. The van der Waals surface area contributed by atoms with Crippen molar-refractivity contribution in [1.82, 2.24) is 0 Å². The Bertz CT molecular complexity index is 155. The van der Waals surface area contributed by atoms with Crippen molar-refractivity contribution in [3.05, 3.63) is 0 Å². The molecule has 0 spiro atoms. The fourth-order valence-corrected chi connectivity index (χ4v) is 0.858. The molecule has 0 aromatic carbocycles. The van der Waals surface area contributed by atoms with E-state index in [1.165, 1.54) is 14.2 Å². The maximum atomic E-state index is 11.1. The van der Waals surface area contributed by atoms with Gasteiger partial charge in [0.05, 0.1) is 13.7 Å². The van der Waals surface area contributed by atoms with Crippen LogP contribution in [-0.4, -0.2) is 37.5 Å². The molecule has 0 aromatic rings. The van der Waals surface area contributed by atoms with Gasteiger partial charge in [0.15, 0.2) is 5.60 Å². The number of rotatable bonds is 4. The number of hydrogen-bond acceptors (Lipinski definition) is 4. The maximum Gasteiger partial charge on any atom is 0.340 e. The van der Waals surface area contributed by atoms with Crippen LogP contribution in [0.2, 0.25) is 0 Å². The second kappa shape index (κ2) is 4.42. The molecule has 0 aliphatic rings. The van der Waals surface area contributed by atoms with Crippen molar-refractivity contribution in [2.45, 2.75) is 19.4 Å². The largest absolute Gasteiger partial charge is 0.467 e. The van der Waals surface area contributed by atoms with E-state index in [1.54, 1.807) is 13.8 Å². The minimum atomic E-state index is -1.52. The van der Waals surface area contributed by atoms with Gasteiger partial charge in [-0.15, -0.1) is 0 Å². The van der Waals surface area contributed by atoms with Gasteiger partial charge in [-0.25, -0.2) is 4.79 Å². The molecule has 1 unspecified atom stereocenters. The predicted molar refractivity (Wildman–Crippen MR) is 43.7 cm³/mol. The van der Waals surface area contributed by atoms with Gasteiger partial charge in [0, 0.05) is 7.11 Å². The van der Waals surface area contributed by atoms with Crippen LogP contribution in [0.3, 0.4) is 0 Å². The van der Waals surface area contributed by atoms with E-state index in [9.17, 15) is 9.90 Å². The molecular formula is C8H16O4. The lowest BCUT2D eigenvalue weighted by Crippen LogP contribution is -2.48. The Morgan fingerprint density at radius 3 is 2.25 bits per heavy atom. The second-order valence-electron chi connectivity index (χ2n) is 3.00. The molecule has 4 heteroatoms. The minimum absolute atomic E-state index is 0.0443. The number of hydrogen-bond donors (Lipinski definition) is 1. The van der Waals surface area contributed by atoms with Crippen molar-refractivity contribution in [3.8, 4) is 0 Å². The summed E-state index contributed by atoms with van der Waals surface area (Å²) in [5, 5.41) is 9.76. The molecule has 1 N–H and O–H groups in total. The van der Waals surface area contributed by atoms with Gasteiger partial charge in [0.2, 0.25) is 0 Å². The van der Waals surface area contributed by atoms with E-state index < -0.39 is 11.6 Å². The molecule has 0 amide bonds. The van der Waals surface area contributed by atoms with E-state index in [1.807, 2.05) is 0 Å². The zero-order valence-corrected chi connectivity index (χ0v) is 7.96. The van der Waals surface area contributed by atoms with Gasteiger partial charge in [-0.3, -0.25) is 0 Å². The highest BCUT2D eigenvalue weighted by atomic mass is 16.6. The lowest BCUT2D eigenvalue weighted by atomic mass is 9.91. The molecule has 0 radical (unpaired) electrons. The highest BCUT2D eigenvalue weighted by Crippen LogP contribution is 2.18. The summed E-state index contributed by atoms with van der Waals surface area (Å²) in [5.74, 6) is -0.885. The minimum Gasteiger partial charge on any atom is -0.467 e. The van der Waals surface area contributed by atoms with Crippen molar-refractivity contribution in [2.75, 3.05) is 20.8 Å². The second-order valence-corrected chi connectivity index (χ2v) is 3.00. The molecule has 0 saturated heterocycles. The molecule has 0 heterocycles. The molecule has 1 atom stereocenters. The summed E-state index contributed by atoms with van der Waals surface area (Å²) in [4.78, 5) is 11.1. The Kier molecular flexibility index (Phi) is 4.20. The lowest BCUT2D eigenvalue weighted by molar-refractivity contribution is -0.174. The van der Waals surface area contributed by atoms with Crippen LogP contribution in [0.5, 0.6) is 0 Å². The molecule has 0 bridgehead atoms. The van der Waals surface area contributed by atoms with Gasteiger partial charge in [0.25, 0.3) is 0 Å². The van der Waals surface area contributed by atoms with Gasteiger partial charge >= 0.3 is 5.97 Å². The third-order valence-electron chi connectivity index (χ3n) is 1.86. The summed E-state index contributed by atoms with van der Waals surface area (Å²) in [6, 6.07) is 0. The predicted octanol–water partition coefficient (Wildman–Crippen LogP) is 0.193. The van der Waals surface area contributed by atoms with E-state index in [0.717, 1.165) is 0 Å². The van der Waals surface area contributed by atoms with Crippen molar-refractivity contribution in [1.29, 1.82) is 0 Å². The van der Waals surface area contributed by atoms with Crippen LogP contribution in [0.1, 0.15) is 13.8 Å². The Hall–Kier alpha value is -0.610. The van der Waals surface area contributed by atoms with Crippen LogP contribution in [0.25, 0.3) is 0 Å². The first-order valence-corrected chi connectivity index (χ1v) is 3.78. The van der Waals surface area contributed by atoms with Crippen LogP contribution in [0.15, 0.2) is 0 Å². The normalized spacial score (nSPS) is 15.8. The summed E-state index contributed by atoms with van der Waals surface area (Å²) >= 11 is 0. The van der Waals surface area contributed by atoms with E-state index in [-0.39, 0.29) is 12.5 Å². The molecule has 12 heavy (non-hydrogen) atoms. The number of methoxy groups -OCH3 is 2. The summed E-state index contributed by atoms with van der Waals surface area (Å²) in [7, 11) is 2.67. The van der Waals surface area contributed by atoms with Gasteiger partial charge in [-0.05, 0) is 5.92 Å². The fraction of sp³-hybridized carbons (Fsp3) is 0.875. The fourth-order valence-electron chi connectivity index (χ4n) is 0.858. The van der Waals surface area contributed by atoms with Crippen LogP contribution >= 0.6 is 0 Å². The lowest BCUT2D eigenvalue weighted by Gasteiger charge is -2.27. The third-order valence-corrected chi connectivity index (χ3v) is 1.86. The van der Waals surface area contributed by atoms with Crippen LogP contribution in [-0.2, 0) is 14.3 Å². The van der Waals surface area contributed by atoms with Gasteiger partial charge in [-0.1, -0.05) is 13.8 Å². The van der Waals surface area contributed by atoms with Crippen molar-refractivity contribution in [3.63, 3.8) is 0 Å². The topological polar surface area (TPSA) is 55.8 Å². The number of aliphatic hydroxyl groups is 1. The smallest absolute Gasteiger partial charge is 0.340 e. The molecule has 0 aliphatic carbocycles. The van der Waals surface area contributed by atoms with Crippen LogP contribution in [0.4, 0.5) is 0 Å². The van der Waals surface area contributed by atoms with E-state index >= 15 is 0 Å². The van der Waals surface area contributed by atoms with Crippen molar-refractivity contribution >= 4 is 5.97 Å². The first-order chi connectivity index (χ1) is 5.49. The zero-order chi connectivity index (χ0) is 9.78. The molecule has 0 aliphatic heterocycles. The highest BCUT2D eigenvalue weighted by molar-refractivity contribution is 5.79. The zero-order valence-electron chi connectivity index (χ0n) is 7.96. The number of carbonyl (C=O) groups excluding carboxylic acids is 1. The van der Waals surface area contributed by atoms with E-state index in [4.69, 9.17) is 4.74 Å². The molecule has 0 rings (SSSR count). The summed E-state index contributed by atoms with van der Waals surface area (Å²) in [6.07, 6.45) is 0. The quantitative estimate of drug-likeness (QED) is 0.621. The number of carbonyl (C=O) groups is 1. The Labute approximate surface area is 72.5 Å². The highest BCUT2D eigenvalue weighted by Gasteiger charge is 2.40. The molecule has 0 saturated carbocycles. The first kappa shape index (κ1) is 11.4. The summed E-state index contributed by atoms with van der Waals surface area (Å²) in [5.41, 5.74) is -1.52. The van der Waals surface area contributed by atoms with Gasteiger partial charge in [-0.2, -0.15) is 0 Å². The van der Waals surface area contributed by atoms with E-state index in [2.05, 4.69) is 4.74 Å². The van der Waals surface area contributed by atoms with Crippen molar-refractivity contribution < 1.29 is 19.4 Å². The van der Waals surface area contributed by atoms with Crippen molar-refractivity contribution in [2.24, 2.45) is 5.92 Å². The summed E-state index contributed by atoms with van der Waals surface area (Å²) < 4.78 is 9.20. The molecule has 0 aromatic heterocycles. The SMILES string of the molecule is COCC(O)(C(=O)OC)C(C)C. The number of ether oxygens (including phenoxy) is 2.